The number of nitrogens with zero attached hydrogens (tertiary/aromatic N) is 1. The molecule has 0 spiro atoms. The summed E-state index contributed by atoms with van der Waals surface area (Å²) in [5.41, 5.74) is 0.162. The van der Waals surface area contributed by atoms with Crippen LogP contribution in [-0.4, -0.2) is 15.2 Å². The fraction of sp³-hybridized carbons (Fsp3) is 0.333. The lowest BCUT2D eigenvalue weighted by Gasteiger charge is -2.10. The fourth-order valence-corrected chi connectivity index (χ4v) is 3.37. The Morgan fingerprint density at radius 2 is 2.11 bits per heavy atom. The number of rotatable bonds is 2. The van der Waals surface area contributed by atoms with E-state index in [1.165, 1.54) is 11.3 Å². The third kappa shape index (κ3) is 1.79. The van der Waals surface area contributed by atoms with Crippen molar-refractivity contribution in [2.45, 2.75) is 17.7 Å². The van der Waals surface area contributed by atoms with Crippen molar-refractivity contribution < 1.29 is 4.79 Å². The Morgan fingerprint density at radius 3 is 2.72 bits per heavy atom. The summed E-state index contributed by atoms with van der Waals surface area (Å²) in [5, 5.41) is 3.37. The molecule has 2 aromatic rings. The van der Waals surface area contributed by atoms with Crippen molar-refractivity contribution in [3.05, 3.63) is 24.3 Å². The molecule has 18 heavy (non-hydrogen) atoms. The number of hydrogen-bond donors (Lipinski definition) is 1. The van der Waals surface area contributed by atoms with E-state index in [2.05, 4.69) is 10.3 Å². The number of nitrogens with one attached hydrogen (secondary N) is 1. The first-order valence-electron chi connectivity index (χ1n) is 5.47. The van der Waals surface area contributed by atoms with Gasteiger partial charge in [0.25, 0.3) is 0 Å². The monoisotopic (exact) mass is 300 g/mol. The number of anilines is 1. The van der Waals surface area contributed by atoms with Gasteiger partial charge in [-0.05, 0) is 25.5 Å². The van der Waals surface area contributed by atoms with E-state index in [1.807, 2.05) is 24.3 Å². The lowest BCUT2D eigenvalue weighted by atomic mass is 10.1. The second-order valence-corrected chi connectivity index (χ2v) is 7.17. The lowest BCUT2D eigenvalue weighted by molar-refractivity contribution is -0.120. The Hall–Kier alpha value is -0.840. The summed E-state index contributed by atoms with van der Waals surface area (Å²) in [6.45, 7) is 1.76. The Kier molecular flexibility index (Phi) is 2.59. The molecule has 1 atom stereocenters. The number of aromatic nitrogens is 1. The van der Waals surface area contributed by atoms with Gasteiger partial charge in [-0.2, -0.15) is 0 Å². The minimum atomic E-state index is -0.951. The van der Waals surface area contributed by atoms with Crippen LogP contribution in [0.5, 0.6) is 0 Å². The number of fused-ring (bicyclic) bond motifs is 1. The van der Waals surface area contributed by atoms with E-state index < -0.39 is 9.75 Å². The summed E-state index contributed by atoms with van der Waals surface area (Å²) < 4.78 is 0.0880. The molecule has 1 amide bonds. The van der Waals surface area contributed by atoms with Gasteiger partial charge in [-0.25, -0.2) is 4.98 Å². The second-order valence-electron chi connectivity index (χ2n) is 4.65. The zero-order valence-corrected chi connectivity index (χ0v) is 11.9. The molecule has 0 unspecified atom stereocenters. The Balaban J connectivity index is 1.83. The van der Waals surface area contributed by atoms with Crippen molar-refractivity contribution >= 4 is 55.8 Å². The maximum absolute atomic E-state index is 12.1. The van der Waals surface area contributed by atoms with Gasteiger partial charge in [0.1, 0.15) is 4.33 Å². The number of carbonyl (C=O) groups excluding carboxylic acids is 1. The van der Waals surface area contributed by atoms with Crippen LogP contribution >= 0.6 is 34.5 Å². The van der Waals surface area contributed by atoms with Crippen LogP contribution in [0.4, 0.5) is 5.13 Å². The molecule has 3 nitrogen and oxygen atoms in total. The van der Waals surface area contributed by atoms with E-state index in [4.69, 9.17) is 23.2 Å². The van der Waals surface area contributed by atoms with Crippen molar-refractivity contribution in [1.29, 1.82) is 0 Å². The first-order chi connectivity index (χ1) is 8.42. The van der Waals surface area contributed by atoms with Crippen molar-refractivity contribution in [3.63, 3.8) is 0 Å². The molecule has 0 bridgehead atoms. The summed E-state index contributed by atoms with van der Waals surface area (Å²) in [6, 6.07) is 7.73. The molecule has 1 aliphatic carbocycles. The first kappa shape index (κ1) is 12.2. The quantitative estimate of drug-likeness (QED) is 0.857. The molecular formula is C12H10Cl2N2OS. The minimum Gasteiger partial charge on any atom is -0.301 e. The molecule has 1 N–H and O–H groups in total. The molecule has 1 aliphatic rings. The highest BCUT2D eigenvalue weighted by Crippen LogP contribution is 2.64. The highest BCUT2D eigenvalue weighted by atomic mass is 35.5. The van der Waals surface area contributed by atoms with Crippen molar-refractivity contribution in [2.24, 2.45) is 5.41 Å². The van der Waals surface area contributed by atoms with Crippen LogP contribution in [-0.2, 0) is 4.79 Å². The number of alkyl halides is 2. The normalized spacial score (nSPS) is 25.1. The predicted octanol–water partition coefficient (Wildman–Crippen LogP) is 3.82. The minimum absolute atomic E-state index is 0.174. The molecule has 6 heteroatoms. The van der Waals surface area contributed by atoms with E-state index in [1.54, 1.807) is 6.92 Å². The molecule has 1 heterocycles. The smallest absolute Gasteiger partial charge is 0.235 e. The maximum atomic E-state index is 12.1. The SMILES string of the molecule is C[C@@]1(C(=O)Nc2nc3ccccc3s2)CC1(Cl)Cl. The zero-order valence-electron chi connectivity index (χ0n) is 9.54. The molecule has 0 radical (unpaired) electrons. The van der Waals surface area contributed by atoms with Crippen LogP contribution in [0.2, 0.25) is 0 Å². The average Bonchev–Trinajstić information content (AvgIpc) is 2.69. The number of benzene rings is 1. The first-order valence-corrected chi connectivity index (χ1v) is 7.04. The summed E-state index contributed by atoms with van der Waals surface area (Å²) in [4.78, 5) is 16.4. The molecule has 1 aromatic heterocycles. The summed E-state index contributed by atoms with van der Waals surface area (Å²) in [6.07, 6.45) is 0.472. The highest BCUT2D eigenvalue weighted by molar-refractivity contribution is 7.22. The molecule has 0 saturated heterocycles. The maximum Gasteiger partial charge on any atom is 0.235 e. The van der Waals surface area contributed by atoms with Crippen LogP contribution in [0.3, 0.4) is 0 Å². The lowest BCUT2D eigenvalue weighted by Crippen LogP contribution is -2.25. The van der Waals surface area contributed by atoms with Crippen molar-refractivity contribution in [1.82, 2.24) is 4.98 Å². The van der Waals surface area contributed by atoms with Crippen LogP contribution < -0.4 is 5.32 Å². The third-order valence-electron chi connectivity index (χ3n) is 3.27. The molecule has 1 aromatic carbocycles. The number of hydrogen-bond acceptors (Lipinski definition) is 3. The Bertz CT molecular complexity index is 607. The van der Waals surface area contributed by atoms with Crippen LogP contribution in [0.15, 0.2) is 24.3 Å². The van der Waals surface area contributed by atoms with Gasteiger partial charge >= 0.3 is 0 Å². The van der Waals surface area contributed by atoms with Gasteiger partial charge in [0.05, 0.1) is 15.6 Å². The molecule has 1 saturated carbocycles. The average molecular weight is 301 g/mol. The van der Waals surface area contributed by atoms with Crippen LogP contribution in [0, 0.1) is 5.41 Å². The zero-order chi connectivity index (χ0) is 13.0. The van der Waals surface area contributed by atoms with Gasteiger partial charge in [0.15, 0.2) is 5.13 Å². The predicted molar refractivity (Wildman–Crippen MR) is 75.4 cm³/mol. The highest BCUT2D eigenvalue weighted by Gasteiger charge is 2.68. The van der Waals surface area contributed by atoms with Gasteiger partial charge in [-0.1, -0.05) is 23.5 Å². The van der Waals surface area contributed by atoms with Crippen LogP contribution in [0.1, 0.15) is 13.3 Å². The van der Waals surface area contributed by atoms with Gasteiger partial charge in [-0.15, -0.1) is 23.2 Å². The molecule has 94 valence electrons. The third-order valence-corrected chi connectivity index (χ3v) is 5.33. The topological polar surface area (TPSA) is 42.0 Å². The van der Waals surface area contributed by atoms with E-state index in [-0.39, 0.29) is 5.91 Å². The van der Waals surface area contributed by atoms with E-state index >= 15 is 0 Å². The Labute approximate surface area is 118 Å². The number of halogens is 2. The van der Waals surface area contributed by atoms with E-state index in [0.717, 1.165) is 10.2 Å². The number of para-hydroxylation sites is 1. The van der Waals surface area contributed by atoms with Gasteiger partial charge in [0, 0.05) is 0 Å². The summed E-state index contributed by atoms with van der Waals surface area (Å²) >= 11 is 13.4. The number of carbonyl (C=O) groups is 1. The molecule has 1 fully saturated rings. The summed E-state index contributed by atoms with van der Waals surface area (Å²) in [5.74, 6) is -0.174. The standard InChI is InChI=1S/C12H10Cl2N2OS/c1-11(6-12(11,13)14)9(17)16-10-15-7-4-2-3-5-8(7)18-10/h2-5H,6H2,1H3,(H,15,16,17)/t11-/m0/s1. The van der Waals surface area contributed by atoms with Crippen molar-refractivity contribution in [3.8, 4) is 0 Å². The van der Waals surface area contributed by atoms with Gasteiger partial charge in [0.2, 0.25) is 5.91 Å². The van der Waals surface area contributed by atoms with Gasteiger partial charge in [-0.3, -0.25) is 4.79 Å². The molecule has 3 rings (SSSR count). The van der Waals surface area contributed by atoms with E-state index in [9.17, 15) is 4.79 Å². The molecular weight excluding hydrogens is 291 g/mol. The summed E-state index contributed by atoms with van der Waals surface area (Å²) in [7, 11) is 0. The Morgan fingerprint density at radius 1 is 1.44 bits per heavy atom. The fourth-order valence-electron chi connectivity index (χ4n) is 1.81. The van der Waals surface area contributed by atoms with E-state index in [0.29, 0.717) is 11.6 Å². The molecule has 0 aliphatic heterocycles. The number of thiazole rings is 1. The van der Waals surface area contributed by atoms with Crippen LogP contribution in [0.25, 0.3) is 10.2 Å². The number of amides is 1. The largest absolute Gasteiger partial charge is 0.301 e. The second kappa shape index (κ2) is 3.83. The van der Waals surface area contributed by atoms with Crippen molar-refractivity contribution in [2.75, 3.05) is 5.32 Å². The van der Waals surface area contributed by atoms with Gasteiger partial charge < -0.3 is 5.32 Å².